The molecule has 4 amide bonds. The standard InChI is InChI=1S/C32H30N4O5.C27H26N4O5.C25H22N4O5.C23H20N4O3.C4H7BrO2/c1-18(2)40-27-11-9-19(12-22(27)16-33)32-34-31(35-41-32)25-7-5-6-24-26(25)13-21-14-29(37)36(30(21)24)17-20-8-10-23(38-3)15-28(20)39-4;1-4-34-24(33)14-31-23(32)12-17-11-21-19(25(17)31)6-5-7-20(21)26-29-27(36-30-26)16-8-9-22(35-15(2)3)18(10-16)13-28;1-13(2)33-20-7-6-14(8-16(20)11-26)25-27-24(28-34-25)18-5-3-4-17-19(18)9-15-10-21(30)29(23(15)17)12-22(31)32;1-12(2)29-19-7-6-13(8-15(19)11-24)23-26-22(27-30-23)17-5-3-4-16-18(17)9-14-10-20(28)25-21(14)16;1-2-7-4(6)3-5/h5-12,15,18,21,30H,13-14,17H2,1-4H3;5-10,15,17,25H,4,11-12,14H2,1-3H3;3-8,13,15,23H,9-10,12H2,1-2H3,(H,31,32);3-8,12,14,21H,9-10H2,1-2H3,(H,25,28);2-3H2,1H3. The van der Waals surface area contributed by atoms with Gasteiger partial charge in [0.15, 0.2) is 0 Å². The van der Waals surface area contributed by atoms with Gasteiger partial charge >= 0.3 is 17.9 Å². The molecule has 4 aliphatic heterocycles. The number of carboxylic acid groups (broad SMARTS) is 1. The molecule has 8 atom stereocenters. The lowest BCUT2D eigenvalue weighted by molar-refractivity contribution is -0.148. The number of halogens is 1. The molecule has 0 bridgehead atoms. The number of nitrogens with one attached hydrogen (secondary N) is 1. The molecule has 13 aromatic rings. The van der Waals surface area contributed by atoms with E-state index in [2.05, 4.69) is 98.0 Å². The first-order valence-electron chi connectivity index (χ1n) is 48.6. The van der Waals surface area contributed by atoms with E-state index in [9.17, 15) is 59.7 Å². The van der Waals surface area contributed by atoms with Gasteiger partial charge in [0.25, 0.3) is 23.6 Å². The number of hydrogen-bond donors (Lipinski definition) is 2. The number of rotatable bonds is 27. The Kier molecular flexibility index (Phi) is 31.0. The quantitative estimate of drug-likeness (QED) is 0.0356. The average molecular weight is 2060 g/mol. The molecule has 0 spiro atoms. The molecule has 9 aromatic carbocycles. The van der Waals surface area contributed by atoms with Crippen molar-refractivity contribution in [2.75, 3.05) is 45.9 Å². The van der Waals surface area contributed by atoms with E-state index in [1.54, 1.807) is 93.6 Å². The fraction of sp³-hybridized carbons (Fsp3) is 0.342. The first-order chi connectivity index (χ1) is 71.5. The van der Waals surface area contributed by atoms with Crippen LogP contribution in [0.25, 0.3) is 91.4 Å². The maximum absolute atomic E-state index is 13.2. The van der Waals surface area contributed by atoms with Crippen molar-refractivity contribution < 1.29 is 94.7 Å². The summed E-state index contributed by atoms with van der Waals surface area (Å²) in [7, 11) is 3.24. The summed E-state index contributed by atoms with van der Waals surface area (Å²) in [5.41, 5.74) is 17.0. The number of benzene rings is 9. The molecule has 756 valence electrons. The van der Waals surface area contributed by atoms with E-state index in [1.807, 2.05) is 151 Å². The van der Waals surface area contributed by atoms with Gasteiger partial charge in [0, 0.05) is 88.4 Å². The number of likely N-dealkylation sites (tertiary alicyclic amines) is 3. The van der Waals surface area contributed by atoms with Crippen molar-refractivity contribution in [3.8, 4) is 150 Å². The van der Waals surface area contributed by atoms with Gasteiger partial charge in [-0.25, -0.2) is 0 Å². The monoisotopic (exact) mass is 2060 g/mol. The van der Waals surface area contributed by atoms with Crippen molar-refractivity contribution in [3.05, 3.63) is 236 Å². The van der Waals surface area contributed by atoms with Gasteiger partial charge in [0.05, 0.1) is 98.3 Å². The third kappa shape index (κ3) is 21.7. The minimum atomic E-state index is -1.03. The third-order valence-corrected chi connectivity index (χ3v) is 27.0. The van der Waals surface area contributed by atoms with Crippen LogP contribution in [0.1, 0.15) is 191 Å². The Hall–Kier alpha value is -16.9. The number of aromatic nitrogens is 8. The first kappa shape index (κ1) is 103. The third-order valence-electron chi connectivity index (χ3n) is 26.5. The fourth-order valence-electron chi connectivity index (χ4n) is 20.6. The molecule has 0 saturated carbocycles. The van der Waals surface area contributed by atoms with Crippen molar-refractivity contribution in [1.29, 1.82) is 21.0 Å². The Bertz CT molecular complexity index is 7460. The number of esters is 2. The second-order valence-electron chi connectivity index (χ2n) is 37.6. The maximum Gasteiger partial charge on any atom is 0.325 e. The highest BCUT2D eigenvalue weighted by Crippen LogP contribution is 2.54. The smallest absolute Gasteiger partial charge is 0.325 e. The minimum absolute atomic E-state index is 0.0255. The van der Waals surface area contributed by atoms with Crippen molar-refractivity contribution in [1.82, 2.24) is 60.6 Å². The molecule has 8 heterocycles. The molecular weight excluding hydrogens is 1960 g/mol. The number of amides is 4. The van der Waals surface area contributed by atoms with E-state index in [1.165, 1.54) is 10.5 Å². The molecule has 8 unspecified atom stereocenters. The van der Waals surface area contributed by atoms with E-state index in [0.717, 1.165) is 79.6 Å². The maximum atomic E-state index is 13.2. The van der Waals surface area contributed by atoms with Crippen LogP contribution in [0, 0.1) is 69.0 Å². The topological polar surface area (TPSA) is 486 Å². The summed E-state index contributed by atoms with van der Waals surface area (Å²) in [5.74, 6) is 5.54. The highest BCUT2D eigenvalue weighted by molar-refractivity contribution is 9.09. The van der Waals surface area contributed by atoms with Crippen molar-refractivity contribution >= 4 is 57.5 Å². The van der Waals surface area contributed by atoms with Gasteiger partial charge in [-0.3, -0.25) is 33.6 Å². The Morgan fingerprint density at radius 3 is 1.08 bits per heavy atom. The van der Waals surface area contributed by atoms with Crippen LogP contribution < -0.4 is 33.7 Å². The van der Waals surface area contributed by atoms with E-state index in [4.69, 9.17) is 56.2 Å². The number of hydrogen-bond acceptors (Lipinski definition) is 31. The van der Waals surface area contributed by atoms with Crippen molar-refractivity contribution in [2.45, 2.75) is 176 Å². The van der Waals surface area contributed by atoms with Crippen LogP contribution in [0.4, 0.5) is 0 Å². The average Bonchev–Trinajstić information content (AvgIpc) is 1.59. The number of aliphatic carboxylic acids is 1. The van der Waals surface area contributed by atoms with Crippen LogP contribution >= 0.6 is 15.9 Å². The predicted octanol–water partition coefficient (Wildman–Crippen LogP) is 18.1. The lowest BCUT2D eigenvalue weighted by atomic mass is 10.0. The van der Waals surface area contributed by atoms with Crippen molar-refractivity contribution in [3.63, 3.8) is 0 Å². The van der Waals surface area contributed by atoms with Crippen LogP contribution in [0.15, 0.2) is 182 Å². The summed E-state index contributed by atoms with van der Waals surface area (Å²) >= 11 is 2.94. The summed E-state index contributed by atoms with van der Waals surface area (Å²) in [6.45, 7) is 19.6. The summed E-state index contributed by atoms with van der Waals surface area (Å²) in [4.78, 5) is 107. The molecule has 37 heteroatoms. The summed E-state index contributed by atoms with van der Waals surface area (Å²) in [6, 6.07) is 58.4. The van der Waals surface area contributed by atoms with Crippen molar-refractivity contribution in [2.24, 2.45) is 23.7 Å². The Morgan fingerprint density at radius 1 is 0.412 bits per heavy atom. The van der Waals surface area contributed by atoms with Gasteiger partial charge in [0.1, 0.15) is 77.2 Å². The second kappa shape index (κ2) is 44.7. The van der Waals surface area contributed by atoms with E-state index < -0.39 is 11.9 Å². The van der Waals surface area contributed by atoms with Gasteiger partial charge in [-0.2, -0.15) is 41.0 Å². The largest absolute Gasteiger partial charge is 0.497 e. The molecule has 2 N–H and O–H groups in total. The summed E-state index contributed by atoms with van der Waals surface area (Å²) < 4.78 is 65.5. The second-order valence-corrected chi connectivity index (χ2v) is 38.1. The number of carboxylic acids is 1. The van der Waals surface area contributed by atoms with Gasteiger partial charge in [0.2, 0.25) is 46.9 Å². The van der Waals surface area contributed by atoms with Gasteiger partial charge in [-0.15, -0.1) is 0 Å². The molecule has 8 aliphatic rings. The van der Waals surface area contributed by atoms with Crippen LogP contribution in [-0.4, -0.2) is 172 Å². The first-order valence-corrected chi connectivity index (χ1v) is 49.8. The molecule has 4 saturated heterocycles. The molecule has 36 nitrogen and oxygen atoms in total. The number of carbonyl (C=O) groups is 7. The molecular formula is C111H105BrN16O20. The van der Waals surface area contributed by atoms with Gasteiger partial charge < -0.3 is 81.1 Å². The van der Waals surface area contributed by atoms with Gasteiger partial charge in [-0.1, -0.05) is 109 Å². The van der Waals surface area contributed by atoms with Crippen LogP contribution in [0.5, 0.6) is 34.5 Å². The summed E-state index contributed by atoms with van der Waals surface area (Å²) in [5, 5.41) is 67.6. The minimum Gasteiger partial charge on any atom is -0.497 e. The number of alkyl halides is 1. The van der Waals surface area contributed by atoms with Crippen LogP contribution in [0.2, 0.25) is 0 Å². The fourth-order valence-corrected chi connectivity index (χ4v) is 20.8. The number of carbonyl (C=O) groups excluding carboxylic acids is 6. The number of fused-ring (bicyclic) bond motifs is 12. The van der Waals surface area contributed by atoms with E-state index in [0.29, 0.717) is 177 Å². The number of ether oxygens (including phenoxy) is 8. The SMILES string of the molecule is CC(C)Oc1ccc(-c2nc(-c3cccc4c3CC3CC(=O)N(CC(=O)O)C43)no2)cc1C#N.CC(C)Oc1ccc(-c2nc(-c3cccc4c3CC3CC(=O)NC43)no2)cc1C#N.CCOC(=O)CBr.CCOC(=O)CN1C(=O)CC2Cc3c(-c4noc(-c5ccc(OC(C)C)c(C#N)c5)n4)cccc3C21.COc1ccc(CN2C(=O)CC3Cc4c(-c5noc(-c6ccc(OC(C)C)c(C#N)c6)n5)cccc4C32)c(OC)c1. The number of methoxy groups -OCH3 is 2. The molecule has 4 aromatic heterocycles. The van der Waals surface area contributed by atoms with Crippen LogP contribution in [0.3, 0.4) is 0 Å². The van der Waals surface area contributed by atoms with Crippen LogP contribution in [-0.2, 0) is 75.3 Å². The number of nitrogens with zero attached hydrogens (tertiary/aromatic N) is 15. The zero-order valence-corrected chi connectivity index (χ0v) is 84.8. The Morgan fingerprint density at radius 2 is 0.750 bits per heavy atom. The summed E-state index contributed by atoms with van der Waals surface area (Å²) in [6.07, 6.45) is 4.45. The molecule has 21 rings (SSSR count). The lowest BCUT2D eigenvalue weighted by Gasteiger charge is -2.26. The number of nitriles is 4. The highest BCUT2D eigenvalue weighted by atomic mass is 79.9. The van der Waals surface area contributed by atoms with E-state index in [-0.39, 0.29) is 127 Å². The molecule has 4 fully saturated rings. The van der Waals surface area contributed by atoms with E-state index >= 15 is 0 Å². The molecule has 148 heavy (non-hydrogen) atoms. The molecule has 0 radical (unpaired) electrons. The zero-order chi connectivity index (χ0) is 105. The predicted molar refractivity (Wildman–Crippen MR) is 537 cm³/mol. The normalized spacial score (nSPS) is 17.8. The Balaban J connectivity index is 0.000000132. The lowest BCUT2D eigenvalue weighted by Crippen LogP contribution is -2.34. The Labute approximate surface area is 860 Å². The molecule has 4 aliphatic carbocycles. The van der Waals surface area contributed by atoms with Gasteiger partial charge in [-0.05, 0) is 248 Å². The highest BCUT2D eigenvalue weighted by Gasteiger charge is 2.51. The zero-order valence-electron chi connectivity index (χ0n) is 83.2.